The monoisotopic (exact) mass is 564 g/mol. The summed E-state index contributed by atoms with van der Waals surface area (Å²) in [6.45, 7) is 8.26. The fourth-order valence-corrected chi connectivity index (χ4v) is 4.34. The van der Waals surface area contributed by atoms with Crippen molar-refractivity contribution in [2.45, 2.75) is 33.1 Å². The van der Waals surface area contributed by atoms with Crippen LogP contribution >= 0.6 is 0 Å². The van der Waals surface area contributed by atoms with Gasteiger partial charge in [-0.3, -0.25) is 19.9 Å². The summed E-state index contributed by atoms with van der Waals surface area (Å²) in [5, 5.41) is 0. The van der Waals surface area contributed by atoms with Gasteiger partial charge in [0.05, 0.1) is 11.6 Å². The van der Waals surface area contributed by atoms with Crippen LogP contribution < -0.4 is 0 Å². The van der Waals surface area contributed by atoms with E-state index in [1.165, 1.54) is 0 Å². The van der Waals surface area contributed by atoms with E-state index in [0.29, 0.717) is 0 Å². The van der Waals surface area contributed by atoms with Crippen LogP contribution in [0.3, 0.4) is 0 Å². The molecule has 0 aromatic carbocycles. The molecule has 8 nitrogen and oxygen atoms in total. The van der Waals surface area contributed by atoms with Crippen LogP contribution in [0.5, 0.6) is 0 Å². The summed E-state index contributed by atoms with van der Waals surface area (Å²) in [5.74, 6) is 1.53. The van der Waals surface area contributed by atoms with Crippen molar-refractivity contribution in [3.8, 4) is 11.6 Å². The molecule has 0 bridgehead atoms. The predicted octanol–water partition coefficient (Wildman–Crippen LogP) is 4.49. The third-order valence-corrected chi connectivity index (χ3v) is 6.40. The van der Waals surface area contributed by atoms with Crippen LogP contribution in [0, 0.1) is 26.2 Å². The molecule has 0 saturated carbocycles. The first-order valence-electron chi connectivity index (χ1n) is 11.3. The second kappa shape index (κ2) is 9.01. The molecule has 0 aliphatic carbocycles. The molecular formula is C27H22N8Pd. The Morgan fingerprint density at radius 3 is 1.47 bits per heavy atom. The summed E-state index contributed by atoms with van der Waals surface area (Å²) < 4.78 is 3.83. The zero-order valence-electron chi connectivity index (χ0n) is 20.2. The van der Waals surface area contributed by atoms with Crippen LogP contribution in [0.2, 0.25) is 0 Å². The van der Waals surface area contributed by atoms with E-state index >= 15 is 0 Å². The van der Waals surface area contributed by atoms with Gasteiger partial charge in [-0.25, -0.2) is 0 Å². The molecule has 0 fully saturated rings. The Kier molecular flexibility index (Phi) is 5.99. The summed E-state index contributed by atoms with van der Waals surface area (Å²) in [4.78, 5) is 27.6. The summed E-state index contributed by atoms with van der Waals surface area (Å²) in [6.07, 6.45) is 13.3. The van der Waals surface area contributed by atoms with Crippen molar-refractivity contribution in [2.24, 2.45) is 0 Å². The maximum Gasteiger partial charge on any atom is 2.00 e. The van der Waals surface area contributed by atoms with Gasteiger partial charge >= 0.3 is 20.4 Å². The molecule has 0 atom stereocenters. The van der Waals surface area contributed by atoms with Gasteiger partial charge in [0.1, 0.15) is 0 Å². The van der Waals surface area contributed by atoms with Crippen molar-refractivity contribution >= 4 is 22.1 Å². The SMILES string of the molecule is Cc1c2nccnc2[c-]n1-c1cccc(C(C)(C)c2cccc(-n3[c-]c4nccnc4c3C)n2)n1.[Pd+2]. The average molecular weight is 565 g/mol. The van der Waals surface area contributed by atoms with Gasteiger partial charge in [-0.05, 0) is 49.4 Å². The molecule has 0 unspecified atom stereocenters. The molecular weight excluding hydrogens is 543 g/mol. The molecule has 0 radical (unpaired) electrons. The van der Waals surface area contributed by atoms with Gasteiger partial charge in [-0.15, -0.1) is 0 Å². The first-order chi connectivity index (χ1) is 16.9. The normalized spacial score (nSPS) is 11.7. The summed E-state index contributed by atoms with van der Waals surface area (Å²) in [6, 6.07) is 12.0. The number of rotatable bonds is 4. The fourth-order valence-electron chi connectivity index (χ4n) is 4.34. The Morgan fingerprint density at radius 1 is 0.639 bits per heavy atom. The maximum absolute atomic E-state index is 5.00. The van der Waals surface area contributed by atoms with E-state index in [0.717, 1.165) is 56.5 Å². The first-order valence-corrected chi connectivity index (χ1v) is 11.3. The van der Waals surface area contributed by atoms with Gasteiger partial charge in [0.25, 0.3) is 0 Å². The summed E-state index contributed by atoms with van der Waals surface area (Å²) in [7, 11) is 0. The molecule has 36 heavy (non-hydrogen) atoms. The minimum absolute atomic E-state index is 0. The van der Waals surface area contributed by atoms with Crippen LogP contribution in [-0.2, 0) is 25.8 Å². The maximum atomic E-state index is 5.00. The molecule has 0 aliphatic rings. The minimum atomic E-state index is -0.458. The van der Waals surface area contributed by atoms with Crippen LogP contribution in [-0.4, -0.2) is 39.0 Å². The van der Waals surface area contributed by atoms with Gasteiger partial charge < -0.3 is 19.1 Å². The van der Waals surface area contributed by atoms with E-state index in [2.05, 4.69) is 46.2 Å². The number of aromatic nitrogens is 8. The minimum Gasteiger partial charge on any atom is -0.429 e. The Bertz CT molecular complexity index is 1590. The third-order valence-electron chi connectivity index (χ3n) is 6.40. The van der Waals surface area contributed by atoms with Crippen LogP contribution in [0.15, 0.2) is 61.2 Å². The van der Waals surface area contributed by atoms with Crippen molar-refractivity contribution in [2.75, 3.05) is 0 Å². The van der Waals surface area contributed by atoms with Crippen LogP contribution in [0.1, 0.15) is 36.6 Å². The van der Waals surface area contributed by atoms with Crippen molar-refractivity contribution in [1.29, 1.82) is 0 Å². The molecule has 6 aromatic heterocycles. The number of nitrogens with zero attached hydrogens (tertiary/aromatic N) is 8. The quantitative estimate of drug-likeness (QED) is 0.232. The van der Waals surface area contributed by atoms with Gasteiger partial charge in [-0.1, -0.05) is 49.5 Å². The first kappa shape index (κ1) is 23.9. The second-order valence-electron chi connectivity index (χ2n) is 8.96. The van der Waals surface area contributed by atoms with Crippen LogP contribution in [0.4, 0.5) is 0 Å². The van der Waals surface area contributed by atoms with E-state index < -0.39 is 5.41 Å². The Hall–Kier alpha value is -3.80. The topological polar surface area (TPSA) is 87.2 Å². The van der Waals surface area contributed by atoms with Crippen LogP contribution in [0.25, 0.3) is 33.7 Å². The summed E-state index contributed by atoms with van der Waals surface area (Å²) >= 11 is 0. The Labute approximate surface area is 222 Å². The predicted molar refractivity (Wildman–Crippen MR) is 133 cm³/mol. The molecule has 0 saturated heterocycles. The van der Waals surface area contributed by atoms with Crippen molar-refractivity contribution < 1.29 is 20.4 Å². The van der Waals surface area contributed by atoms with Crippen molar-refractivity contribution in [3.63, 3.8) is 0 Å². The fraction of sp³-hybridized carbons (Fsp3) is 0.185. The van der Waals surface area contributed by atoms with Crippen molar-refractivity contribution in [1.82, 2.24) is 39.0 Å². The largest absolute Gasteiger partial charge is 2.00 e. The van der Waals surface area contributed by atoms with E-state index in [9.17, 15) is 0 Å². The molecule has 6 heterocycles. The standard InChI is InChI=1S/C27H22N8.Pd/c1-17-25-19(28-11-13-30-25)15-34(17)23-9-5-7-21(32-23)27(3,4)22-8-6-10-24(33-22)35-16-20-26(18(35)2)31-14-12-29-20;/h5-14H,1-4H3;/q-2;+2. The smallest absolute Gasteiger partial charge is 0.429 e. The molecule has 0 N–H and O–H groups in total. The number of aryl methyl sites for hydroxylation is 2. The van der Waals surface area contributed by atoms with Crippen molar-refractivity contribution in [3.05, 3.63) is 96.4 Å². The molecule has 6 rings (SSSR count). The summed E-state index contributed by atoms with van der Waals surface area (Å²) in [5.41, 5.74) is 6.32. The zero-order chi connectivity index (χ0) is 24.2. The van der Waals surface area contributed by atoms with E-state index in [4.69, 9.17) is 9.97 Å². The Morgan fingerprint density at radius 2 is 1.06 bits per heavy atom. The second-order valence-corrected chi connectivity index (χ2v) is 8.96. The Balaban J connectivity index is 0.00000267. The molecule has 180 valence electrons. The number of hydrogen-bond donors (Lipinski definition) is 0. The molecule has 0 aliphatic heterocycles. The van der Waals surface area contributed by atoms with E-state index in [1.54, 1.807) is 24.8 Å². The number of fused-ring (bicyclic) bond motifs is 2. The van der Waals surface area contributed by atoms with Gasteiger partial charge in [0.2, 0.25) is 0 Å². The van der Waals surface area contributed by atoms with E-state index in [1.807, 2.05) is 59.4 Å². The van der Waals surface area contributed by atoms with Gasteiger partial charge in [0, 0.05) is 52.6 Å². The van der Waals surface area contributed by atoms with E-state index in [-0.39, 0.29) is 20.4 Å². The molecule has 0 amide bonds. The van der Waals surface area contributed by atoms with Gasteiger partial charge in [0.15, 0.2) is 0 Å². The molecule has 0 spiro atoms. The van der Waals surface area contributed by atoms with Gasteiger partial charge in [-0.2, -0.15) is 0 Å². The molecule has 9 heteroatoms. The third kappa shape index (κ3) is 3.81. The zero-order valence-corrected chi connectivity index (χ0v) is 21.7. The number of hydrogen-bond acceptors (Lipinski definition) is 6. The average Bonchev–Trinajstić information content (AvgIpc) is 3.41. The number of pyridine rings is 2. The molecule has 6 aromatic rings.